The van der Waals surface area contributed by atoms with E-state index in [2.05, 4.69) is 58.3 Å². The SMILES string of the molecule is CC(C)(O)CON1C(C)(C)CC(CCCCNc2ncnc(NCCO)n2)CC1(C)C. The Morgan fingerprint density at radius 2 is 1.65 bits per heavy atom. The smallest absolute Gasteiger partial charge is 0.227 e. The van der Waals surface area contributed by atoms with Crippen molar-refractivity contribution in [3.8, 4) is 0 Å². The van der Waals surface area contributed by atoms with Crippen molar-refractivity contribution in [3.63, 3.8) is 0 Å². The van der Waals surface area contributed by atoms with Crippen molar-refractivity contribution in [1.82, 2.24) is 20.0 Å². The fraction of sp³-hybridized carbons (Fsp3) is 0.864. The average Bonchev–Trinajstić information content (AvgIpc) is 2.63. The van der Waals surface area contributed by atoms with E-state index >= 15 is 0 Å². The largest absolute Gasteiger partial charge is 0.395 e. The van der Waals surface area contributed by atoms with Crippen molar-refractivity contribution >= 4 is 11.9 Å². The van der Waals surface area contributed by atoms with E-state index in [-0.39, 0.29) is 17.7 Å². The molecule has 1 fully saturated rings. The molecule has 2 rings (SSSR count). The highest BCUT2D eigenvalue weighted by molar-refractivity contribution is 5.32. The lowest BCUT2D eigenvalue weighted by Crippen LogP contribution is -2.61. The molecule has 0 bridgehead atoms. The number of piperidine rings is 1. The van der Waals surface area contributed by atoms with Gasteiger partial charge in [0.25, 0.3) is 0 Å². The number of aromatic nitrogens is 3. The van der Waals surface area contributed by atoms with Gasteiger partial charge in [-0.05, 0) is 66.7 Å². The highest BCUT2D eigenvalue weighted by Gasteiger charge is 2.46. The van der Waals surface area contributed by atoms with Crippen LogP contribution in [0.25, 0.3) is 0 Å². The van der Waals surface area contributed by atoms with E-state index in [0.717, 1.165) is 32.2 Å². The number of aliphatic hydroxyl groups excluding tert-OH is 1. The molecule has 0 aliphatic carbocycles. The normalized spacial score (nSPS) is 19.4. The van der Waals surface area contributed by atoms with E-state index in [1.165, 1.54) is 12.7 Å². The number of hydrogen-bond acceptors (Lipinski definition) is 9. The lowest BCUT2D eigenvalue weighted by atomic mass is 9.73. The fourth-order valence-electron chi connectivity index (χ4n) is 4.64. The number of nitrogens with zero attached hydrogens (tertiary/aromatic N) is 4. The Morgan fingerprint density at radius 1 is 1.06 bits per heavy atom. The monoisotopic (exact) mass is 438 g/mol. The van der Waals surface area contributed by atoms with Gasteiger partial charge < -0.3 is 20.8 Å². The summed E-state index contributed by atoms with van der Waals surface area (Å²) < 4.78 is 0. The van der Waals surface area contributed by atoms with E-state index in [1.807, 2.05) is 0 Å². The van der Waals surface area contributed by atoms with E-state index in [9.17, 15) is 5.11 Å². The number of hydroxylamine groups is 2. The Bertz CT molecular complexity index is 659. The van der Waals surface area contributed by atoms with Gasteiger partial charge in [-0.25, -0.2) is 9.97 Å². The molecule has 31 heavy (non-hydrogen) atoms. The summed E-state index contributed by atoms with van der Waals surface area (Å²) in [6.07, 6.45) is 6.96. The topological polar surface area (TPSA) is 116 Å². The number of anilines is 2. The van der Waals surface area contributed by atoms with Crippen LogP contribution in [-0.2, 0) is 4.84 Å². The van der Waals surface area contributed by atoms with Crippen LogP contribution in [0.1, 0.15) is 73.6 Å². The molecule has 9 nitrogen and oxygen atoms in total. The van der Waals surface area contributed by atoms with Crippen LogP contribution in [0.5, 0.6) is 0 Å². The number of hydrogen-bond donors (Lipinski definition) is 4. The summed E-state index contributed by atoms with van der Waals surface area (Å²) >= 11 is 0. The maximum atomic E-state index is 10.1. The molecule has 0 atom stereocenters. The van der Waals surface area contributed by atoms with E-state index in [0.29, 0.717) is 31.0 Å². The molecule has 0 aromatic carbocycles. The molecule has 0 radical (unpaired) electrons. The first-order chi connectivity index (χ1) is 14.4. The van der Waals surface area contributed by atoms with Crippen LogP contribution in [0, 0.1) is 5.92 Å². The molecule has 0 amide bonds. The Hall–Kier alpha value is -1.55. The quantitative estimate of drug-likeness (QED) is 0.366. The molecule has 0 saturated carbocycles. The molecule has 0 spiro atoms. The second-order valence-electron chi connectivity index (χ2n) is 10.5. The zero-order valence-electron chi connectivity index (χ0n) is 20.1. The number of unbranched alkanes of at least 4 members (excludes halogenated alkanes) is 1. The minimum Gasteiger partial charge on any atom is -0.395 e. The van der Waals surface area contributed by atoms with Gasteiger partial charge in [-0.1, -0.05) is 12.8 Å². The Balaban J connectivity index is 1.77. The van der Waals surface area contributed by atoms with Gasteiger partial charge in [0.05, 0.1) is 18.8 Å². The lowest BCUT2D eigenvalue weighted by molar-refractivity contribution is -0.302. The molecule has 1 aromatic heterocycles. The number of aliphatic hydroxyl groups is 2. The third-order valence-electron chi connectivity index (χ3n) is 5.51. The van der Waals surface area contributed by atoms with Crippen LogP contribution in [0.15, 0.2) is 6.33 Å². The molecule has 178 valence electrons. The van der Waals surface area contributed by atoms with Crippen molar-refractivity contribution in [3.05, 3.63) is 6.33 Å². The molecule has 9 heteroatoms. The van der Waals surface area contributed by atoms with Crippen molar-refractivity contribution < 1.29 is 15.1 Å². The zero-order valence-corrected chi connectivity index (χ0v) is 20.1. The summed E-state index contributed by atoms with van der Waals surface area (Å²) in [5.74, 6) is 1.66. The van der Waals surface area contributed by atoms with E-state index < -0.39 is 5.60 Å². The predicted octanol–water partition coefficient (Wildman–Crippen LogP) is 2.83. The summed E-state index contributed by atoms with van der Waals surface area (Å²) in [4.78, 5) is 18.5. The van der Waals surface area contributed by atoms with Crippen molar-refractivity contribution in [1.29, 1.82) is 0 Å². The van der Waals surface area contributed by atoms with Crippen LogP contribution in [0.4, 0.5) is 11.9 Å². The molecular weight excluding hydrogens is 396 g/mol. The first-order valence-electron chi connectivity index (χ1n) is 11.4. The highest BCUT2D eigenvalue weighted by atomic mass is 16.7. The molecule has 4 N–H and O–H groups in total. The van der Waals surface area contributed by atoms with Crippen LogP contribution >= 0.6 is 0 Å². The van der Waals surface area contributed by atoms with Crippen LogP contribution < -0.4 is 10.6 Å². The van der Waals surface area contributed by atoms with E-state index in [4.69, 9.17) is 9.94 Å². The van der Waals surface area contributed by atoms with Gasteiger partial charge in [0.2, 0.25) is 11.9 Å². The third kappa shape index (κ3) is 8.48. The number of nitrogens with one attached hydrogen (secondary N) is 2. The first kappa shape index (κ1) is 25.7. The lowest BCUT2D eigenvalue weighted by Gasteiger charge is -2.54. The van der Waals surface area contributed by atoms with Gasteiger partial charge in [0.15, 0.2) is 0 Å². The van der Waals surface area contributed by atoms with Crippen molar-refractivity contribution in [2.75, 3.05) is 36.9 Å². The van der Waals surface area contributed by atoms with Gasteiger partial charge in [-0.2, -0.15) is 10.0 Å². The molecule has 1 saturated heterocycles. The maximum Gasteiger partial charge on any atom is 0.227 e. The van der Waals surface area contributed by atoms with Crippen molar-refractivity contribution in [2.45, 2.75) is 90.3 Å². The van der Waals surface area contributed by atoms with Gasteiger partial charge in [-0.15, -0.1) is 0 Å². The summed E-state index contributed by atoms with van der Waals surface area (Å²) in [7, 11) is 0. The summed E-state index contributed by atoms with van der Waals surface area (Å²) in [5.41, 5.74) is -1.01. The highest BCUT2D eigenvalue weighted by Crippen LogP contribution is 2.43. The minimum absolute atomic E-state index is 0.0343. The second kappa shape index (κ2) is 10.8. The molecule has 1 aliphatic heterocycles. The van der Waals surface area contributed by atoms with Gasteiger partial charge in [0, 0.05) is 24.2 Å². The molecule has 1 aromatic rings. The molecule has 1 aliphatic rings. The Labute approximate surface area is 187 Å². The molecular formula is C22H42N6O3. The number of rotatable bonds is 12. The maximum absolute atomic E-state index is 10.1. The Morgan fingerprint density at radius 3 is 2.19 bits per heavy atom. The van der Waals surface area contributed by atoms with Gasteiger partial charge in [-0.3, -0.25) is 4.84 Å². The molecule has 2 heterocycles. The van der Waals surface area contributed by atoms with Gasteiger partial charge in [0.1, 0.15) is 6.33 Å². The van der Waals surface area contributed by atoms with E-state index in [1.54, 1.807) is 13.8 Å². The Kier molecular flexibility index (Phi) is 9.00. The minimum atomic E-state index is -0.843. The second-order valence-corrected chi connectivity index (χ2v) is 10.5. The standard InChI is InChI=1S/C22H42N6O3/c1-20(2)13-17(14-21(3,4)28(20)31-15-22(5,6)30)9-7-8-10-23-18-25-16-26-19(27-18)24-11-12-29/h16-17,29-30H,7-15H2,1-6H3,(H2,23,24,25,26,27). The van der Waals surface area contributed by atoms with Crippen LogP contribution in [0.3, 0.4) is 0 Å². The predicted molar refractivity (Wildman–Crippen MR) is 123 cm³/mol. The summed E-state index contributed by atoms with van der Waals surface area (Å²) in [6.45, 7) is 14.0. The summed E-state index contributed by atoms with van der Waals surface area (Å²) in [5, 5.41) is 27.2. The fourth-order valence-corrected chi connectivity index (χ4v) is 4.64. The third-order valence-corrected chi connectivity index (χ3v) is 5.51. The van der Waals surface area contributed by atoms with Crippen LogP contribution in [-0.4, -0.2) is 73.2 Å². The van der Waals surface area contributed by atoms with Crippen LogP contribution in [0.2, 0.25) is 0 Å². The average molecular weight is 439 g/mol. The summed E-state index contributed by atoms with van der Waals surface area (Å²) in [6, 6.07) is 0. The van der Waals surface area contributed by atoms with Crippen molar-refractivity contribution in [2.24, 2.45) is 5.92 Å². The molecule has 0 unspecified atom stereocenters. The van der Waals surface area contributed by atoms with Gasteiger partial charge >= 0.3 is 0 Å². The zero-order chi connectivity index (χ0) is 23.1. The first-order valence-corrected chi connectivity index (χ1v) is 11.4.